The molecule has 0 heterocycles. The molecule has 0 amide bonds. The minimum Gasteiger partial charge on any atom is -0.412 e. The van der Waals surface area contributed by atoms with Gasteiger partial charge in [-0.3, -0.25) is 0 Å². The number of aliphatic hydroxyl groups excluding tert-OH is 5. The highest BCUT2D eigenvalue weighted by atomic mass is 16.4. The lowest BCUT2D eigenvalue weighted by molar-refractivity contribution is -0.113. The second-order valence-corrected chi connectivity index (χ2v) is 2.86. The van der Waals surface area contributed by atoms with Crippen LogP contribution in [-0.4, -0.2) is 86.6 Å². The van der Waals surface area contributed by atoms with E-state index in [-0.39, 0.29) is 23.0 Å². The predicted molar refractivity (Wildman–Crippen MR) is 55.9 cm³/mol. The molecule has 9 nitrogen and oxygen atoms in total. The van der Waals surface area contributed by atoms with Crippen molar-refractivity contribution in [3.05, 3.63) is 0 Å². The Morgan fingerprint density at radius 3 is 1.56 bits per heavy atom. The SMILES string of the molecule is CNC[C@H](O)[C@@H](O)[C@H](O)[C@H](O)CO.O.O.O. The highest BCUT2D eigenvalue weighted by Crippen LogP contribution is 2.04. The van der Waals surface area contributed by atoms with Crippen LogP contribution in [0, 0.1) is 0 Å². The Hall–Kier alpha value is -0.360. The van der Waals surface area contributed by atoms with E-state index >= 15 is 0 Å². The monoisotopic (exact) mass is 249 g/mol. The third kappa shape index (κ3) is 7.87. The highest BCUT2D eigenvalue weighted by molar-refractivity contribution is 4.81. The van der Waals surface area contributed by atoms with Crippen LogP contribution in [0.2, 0.25) is 0 Å². The fraction of sp³-hybridized carbons (Fsp3) is 1.00. The molecule has 0 aromatic heterocycles. The summed E-state index contributed by atoms with van der Waals surface area (Å²) in [6.45, 7) is -0.569. The maximum Gasteiger partial charge on any atom is 0.111 e. The Morgan fingerprint density at radius 1 is 0.875 bits per heavy atom. The molecule has 0 aliphatic carbocycles. The molecule has 0 unspecified atom stereocenters. The molecule has 0 rings (SSSR count). The van der Waals surface area contributed by atoms with Gasteiger partial charge in [0.05, 0.1) is 12.7 Å². The third-order valence-corrected chi connectivity index (χ3v) is 1.74. The summed E-state index contributed by atoms with van der Waals surface area (Å²) in [7, 11) is 1.57. The lowest BCUT2D eigenvalue weighted by Gasteiger charge is -2.25. The molecule has 0 spiro atoms. The Labute approximate surface area is 92.9 Å². The van der Waals surface area contributed by atoms with Crippen molar-refractivity contribution >= 4 is 0 Å². The van der Waals surface area contributed by atoms with Gasteiger partial charge in [0.25, 0.3) is 0 Å². The highest BCUT2D eigenvalue weighted by Gasteiger charge is 2.29. The first-order valence-electron chi connectivity index (χ1n) is 4.02. The van der Waals surface area contributed by atoms with Gasteiger partial charge in [-0.05, 0) is 7.05 Å². The Bertz CT molecular complexity index is 138. The van der Waals surface area contributed by atoms with Crippen molar-refractivity contribution < 1.29 is 42.0 Å². The molecule has 9 heteroatoms. The zero-order valence-electron chi connectivity index (χ0n) is 8.96. The van der Waals surface area contributed by atoms with Crippen LogP contribution < -0.4 is 5.32 Å². The Kier molecular flexibility index (Phi) is 19.7. The van der Waals surface area contributed by atoms with Crippen LogP contribution in [0.3, 0.4) is 0 Å². The molecule has 0 aromatic rings. The summed E-state index contributed by atoms with van der Waals surface area (Å²) < 4.78 is 0. The molecule has 0 saturated carbocycles. The standard InChI is InChI=1S/C7H17NO5.3H2O/c1-8-2-4(10)6(12)7(13)5(11)3-9;;;/h4-13H,2-3H2,1H3;3*1H2/t4-,5+,6+,7+;;;/m0.../s1. The molecule has 0 aliphatic rings. The van der Waals surface area contributed by atoms with Crippen molar-refractivity contribution in [2.75, 3.05) is 20.2 Å². The van der Waals surface area contributed by atoms with E-state index in [9.17, 15) is 5.11 Å². The number of hydrogen-bond acceptors (Lipinski definition) is 6. The van der Waals surface area contributed by atoms with Gasteiger partial charge >= 0.3 is 0 Å². The lowest BCUT2D eigenvalue weighted by atomic mass is 10.0. The second-order valence-electron chi connectivity index (χ2n) is 2.86. The zero-order valence-corrected chi connectivity index (χ0v) is 8.96. The minimum atomic E-state index is -1.55. The molecular weight excluding hydrogens is 226 g/mol. The Morgan fingerprint density at radius 2 is 1.25 bits per heavy atom. The molecule has 104 valence electrons. The summed E-state index contributed by atoms with van der Waals surface area (Å²) in [4.78, 5) is 0. The topological polar surface area (TPSA) is 208 Å². The van der Waals surface area contributed by atoms with E-state index < -0.39 is 31.0 Å². The van der Waals surface area contributed by atoms with Crippen LogP contribution in [-0.2, 0) is 0 Å². The average Bonchev–Trinajstić information content (AvgIpc) is 2.14. The van der Waals surface area contributed by atoms with Crippen LogP contribution in [0.1, 0.15) is 0 Å². The first-order valence-corrected chi connectivity index (χ1v) is 4.02. The van der Waals surface area contributed by atoms with Crippen LogP contribution in [0.5, 0.6) is 0 Å². The number of nitrogens with one attached hydrogen (secondary N) is 1. The minimum absolute atomic E-state index is 0. The van der Waals surface area contributed by atoms with E-state index in [0.717, 1.165) is 0 Å². The number of aliphatic hydroxyl groups is 5. The van der Waals surface area contributed by atoms with Gasteiger partial charge in [-0.2, -0.15) is 0 Å². The van der Waals surface area contributed by atoms with Crippen molar-refractivity contribution in [1.82, 2.24) is 5.32 Å². The summed E-state index contributed by atoms with van der Waals surface area (Å²) in [5, 5.41) is 47.5. The van der Waals surface area contributed by atoms with E-state index in [0.29, 0.717) is 0 Å². The van der Waals surface area contributed by atoms with E-state index in [1.165, 1.54) is 0 Å². The smallest absolute Gasteiger partial charge is 0.111 e. The van der Waals surface area contributed by atoms with Crippen LogP contribution >= 0.6 is 0 Å². The zero-order chi connectivity index (χ0) is 10.4. The van der Waals surface area contributed by atoms with Crippen molar-refractivity contribution in [2.24, 2.45) is 0 Å². The molecule has 0 bridgehead atoms. The third-order valence-electron chi connectivity index (χ3n) is 1.74. The van der Waals surface area contributed by atoms with E-state index in [4.69, 9.17) is 20.4 Å². The van der Waals surface area contributed by atoms with Gasteiger partial charge in [-0.25, -0.2) is 0 Å². The van der Waals surface area contributed by atoms with Crippen LogP contribution in [0.4, 0.5) is 0 Å². The van der Waals surface area contributed by atoms with Crippen LogP contribution in [0.25, 0.3) is 0 Å². The molecule has 12 N–H and O–H groups in total. The van der Waals surface area contributed by atoms with Gasteiger partial charge in [0, 0.05) is 6.54 Å². The summed E-state index contributed by atoms with van der Waals surface area (Å²) in [6.07, 6.45) is -5.65. The average molecular weight is 249 g/mol. The van der Waals surface area contributed by atoms with Gasteiger partial charge in [-0.1, -0.05) is 0 Å². The largest absolute Gasteiger partial charge is 0.412 e. The second kappa shape index (κ2) is 12.7. The molecule has 4 atom stereocenters. The number of rotatable bonds is 6. The summed E-state index contributed by atoms with van der Waals surface area (Å²) in [5.74, 6) is 0. The van der Waals surface area contributed by atoms with E-state index in [2.05, 4.69) is 5.32 Å². The van der Waals surface area contributed by atoms with Crippen molar-refractivity contribution in [2.45, 2.75) is 24.4 Å². The Balaban J connectivity index is -0.000000240. The molecule has 0 saturated heterocycles. The molecule has 0 fully saturated rings. The summed E-state index contributed by atoms with van der Waals surface area (Å²) in [6, 6.07) is 0. The molecule has 0 aromatic carbocycles. The van der Waals surface area contributed by atoms with Gasteiger partial charge in [0.2, 0.25) is 0 Å². The summed E-state index contributed by atoms with van der Waals surface area (Å²) >= 11 is 0. The molecular formula is C7H23NO8. The number of hydrogen-bond donors (Lipinski definition) is 6. The summed E-state index contributed by atoms with van der Waals surface area (Å²) in [5.41, 5.74) is 0. The first-order chi connectivity index (χ1) is 6.04. The van der Waals surface area contributed by atoms with Gasteiger partial charge in [0.1, 0.15) is 18.3 Å². The number of likely N-dealkylation sites (N-methyl/N-ethyl adjacent to an activating group) is 1. The van der Waals surface area contributed by atoms with Crippen molar-refractivity contribution in [1.29, 1.82) is 0 Å². The molecule has 16 heavy (non-hydrogen) atoms. The van der Waals surface area contributed by atoms with Gasteiger partial charge < -0.3 is 47.3 Å². The van der Waals surface area contributed by atoms with Gasteiger partial charge in [-0.15, -0.1) is 0 Å². The molecule has 0 radical (unpaired) electrons. The fourth-order valence-corrected chi connectivity index (χ4v) is 0.893. The van der Waals surface area contributed by atoms with E-state index in [1.807, 2.05) is 0 Å². The van der Waals surface area contributed by atoms with Crippen LogP contribution in [0.15, 0.2) is 0 Å². The predicted octanol–water partition coefficient (Wildman–Crippen LogP) is -5.83. The quantitative estimate of drug-likeness (QED) is 0.270. The van der Waals surface area contributed by atoms with Crippen molar-refractivity contribution in [3.63, 3.8) is 0 Å². The first kappa shape index (κ1) is 24.7. The lowest BCUT2D eigenvalue weighted by Crippen LogP contribution is -2.48. The van der Waals surface area contributed by atoms with Crippen molar-refractivity contribution in [3.8, 4) is 0 Å². The van der Waals surface area contributed by atoms with Gasteiger partial charge in [0.15, 0.2) is 0 Å². The normalized spacial score (nSPS) is 16.9. The maximum absolute atomic E-state index is 9.21. The fourth-order valence-electron chi connectivity index (χ4n) is 0.893. The molecule has 0 aliphatic heterocycles. The van der Waals surface area contributed by atoms with E-state index in [1.54, 1.807) is 7.05 Å². The maximum atomic E-state index is 9.21.